The highest BCUT2D eigenvalue weighted by Crippen LogP contribution is 2.47. The maximum atomic E-state index is 12.0. The number of thiocarbonyl (C=S) groups is 1. The van der Waals surface area contributed by atoms with Crippen LogP contribution >= 0.6 is 12.2 Å². The van der Waals surface area contributed by atoms with Crippen molar-refractivity contribution in [2.24, 2.45) is 11.1 Å². The Hall–Kier alpha value is -1.17. The van der Waals surface area contributed by atoms with E-state index in [0.717, 1.165) is 12.8 Å². The van der Waals surface area contributed by atoms with Crippen LogP contribution in [0.25, 0.3) is 0 Å². The fourth-order valence-electron chi connectivity index (χ4n) is 1.81. The highest BCUT2D eigenvalue weighted by Gasteiger charge is 2.54. The molecule has 2 rings (SSSR count). The van der Waals surface area contributed by atoms with E-state index in [1.807, 2.05) is 0 Å². The topological polar surface area (TPSA) is 75.4 Å². The average Bonchev–Trinajstić information content (AvgIpc) is 2.97. The number of hydrogen-bond donors (Lipinski definition) is 2. The van der Waals surface area contributed by atoms with Crippen molar-refractivity contribution in [3.63, 3.8) is 0 Å². The summed E-state index contributed by atoms with van der Waals surface area (Å²) < 4.78 is 0. The number of piperazine rings is 1. The van der Waals surface area contributed by atoms with Crippen LogP contribution in [0.15, 0.2) is 0 Å². The standard InChI is InChI=1S/C9H13N3O2S/c10-7(15)9(1-2-9)8(14)12-4-3-11-6(13)5-12/h1-5H2,(H2,10,15)(H,11,13). The Bertz CT molecular complexity index is 338. The normalized spacial score (nSPS) is 23.2. The molecule has 2 aliphatic rings. The minimum atomic E-state index is -0.632. The molecule has 0 radical (unpaired) electrons. The van der Waals surface area contributed by atoms with Crippen LogP contribution in [0.1, 0.15) is 12.8 Å². The summed E-state index contributed by atoms with van der Waals surface area (Å²) in [5, 5.41) is 2.67. The van der Waals surface area contributed by atoms with Gasteiger partial charge in [-0.3, -0.25) is 9.59 Å². The van der Waals surface area contributed by atoms with Crippen molar-refractivity contribution in [3.05, 3.63) is 0 Å². The molecular formula is C9H13N3O2S. The predicted octanol–water partition coefficient (Wildman–Crippen LogP) is -0.989. The lowest BCUT2D eigenvalue weighted by Gasteiger charge is -2.29. The maximum absolute atomic E-state index is 12.0. The largest absolute Gasteiger partial charge is 0.392 e. The summed E-state index contributed by atoms with van der Waals surface area (Å²) in [5.41, 5.74) is 4.93. The number of hydrogen-bond acceptors (Lipinski definition) is 3. The number of amides is 2. The lowest BCUT2D eigenvalue weighted by Crippen LogP contribution is -2.53. The molecule has 0 aromatic heterocycles. The number of nitrogens with one attached hydrogen (secondary N) is 1. The van der Waals surface area contributed by atoms with Gasteiger partial charge in [0.15, 0.2) is 0 Å². The van der Waals surface area contributed by atoms with Crippen molar-refractivity contribution in [1.82, 2.24) is 10.2 Å². The van der Waals surface area contributed by atoms with Gasteiger partial charge in [-0.15, -0.1) is 0 Å². The quantitative estimate of drug-likeness (QED) is 0.594. The molecule has 3 N–H and O–H groups in total. The number of carbonyl (C=O) groups is 2. The van der Waals surface area contributed by atoms with Crippen LogP contribution < -0.4 is 11.1 Å². The Balaban J connectivity index is 2.08. The molecule has 1 aliphatic carbocycles. The first-order valence-electron chi connectivity index (χ1n) is 4.92. The summed E-state index contributed by atoms with van der Waals surface area (Å²) in [7, 11) is 0. The Labute approximate surface area is 93.0 Å². The summed E-state index contributed by atoms with van der Waals surface area (Å²) in [6.07, 6.45) is 1.44. The van der Waals surface area contributed by atoms with Gasteiger partial charge >= 0.3 is 0 Å². The van der Waals surface area contributed by atoms with Gasteiger partial charge in [-0.05, 0) is 12.8 Å². The number of rotatable bonds is 2. The van der Waals surface area contributed by atoms with Gasteiger partial charge in [-0.25, -0.2) is 0 Å². The SMILES string of the molecule is NC(=S)C1(C(=O)N2CCNC(=O)C2)CC1. The zero-order valence-corrected chi connectivity index (χ0v) is 9.10. The zero-order valence-electron chi connectivity index (χ0n) is 8.28. The van der Waals surface area contributed by atoms with Crippen LogP contribution in [0.4, 0.5) is 0 Å². The Morgan fingerprint density at radius 1 is 1.53 bits per heavy atom. The molecule has 0 atom stereocenters. The van der Waals surface area contributed by atoms with Gasteiger partial charge in [0.25, 0.3) is 0 Å². The first-order chi connectivity index (χ1) is 7.06. The van der Waals surface area contributed by atoms with Crippen molar-refractivity contribution >= 4 is 29.0 Å². The monoisotopic (exact) mass is 227 g/mol. The third kappa shape index (κ3) is 1.69. The van der Waals surface area contributed by atoms with Gasteiger partial charge in [0.05, 0.1) is 16.9 Å². The predicted molar refractivity (Wildman–Crippen MR) is 58.0 cm³/mol. The van der Waals surface area contributed by atoms with E-state index in [-0.39, 0.29) is 23.3 Å². The molecule has 15 heavy (non-hydrogen) atoms. The minimum absolute atomic E-state index is 0.0788. The summed E-state index contributed by atoms with van der Waals surface area (Å²) in [6, 6.07) is 0. The second-order valence-electron chi connectivity index (χ2n) is 4.02. The van der Waals surface area contributed by atoms with Crippen molar-refractivity contribution in [3.8, 4) is 0 Å². The van der Waals surface area contributed by atoms with Crippen LogP contribution in [0.5, 0.6) is 0 Å². The van der Waals surface area contributed by atoms with Gasteiger partial charge in [0, 0.05) is 13.1 Å². The third-order valence-corrected chi connectivity index (χ3v) is 3.35. The molecule has 2 amide bonds. The molecule has 2 fully saturated rings. The fraction of sp³-hybridized carbons (Fsp3) is 0.667. The van der Waals surface area contributed by atoms with Crippen LogP contribution in [0.3, 0.4) is 0 Å². The van der Waals surface area contributed by atoms with E-state index in [9.17, 15) is 9.59 Å². The fourth-order valence-corrected chi connectivity index (χ4v) is 2.10. The molecule has 82 valence electrons. The lowest BCUT2D eigenvalue weighted by molar-refractivity contribution is -0.140. The first-order valence-corrected chi connectivity index (χ1v) is 5.33. The molecule has 6 heteroatoms. The first kappa shape index (κ1) is 10.4. The van der Waals surface area contributed by atoms with Crippen molar-refractivity contribution < 1.29 is 9.59 Å². The second-order valence-corrected chi connectivity index (χ2v) is 4.46. The van der Waals surface area contributed by atoms with E-state index in [2.05, 4.69) is 5.32 Å². The van der Waals surface area contributed by atoms with Gasteiger partial charge in [-0.2, -0.15) is 0 Å². The van der Waals surface area contributed by atoms with E-state index in [1.54, 1.807) is 4.90 Å². The number of nitrogens with zero attached hydrogens (tertiary/aromatic N) is 1. The van der Waals surface area contributed by atoms with Crippen molar-refractivity contribution in [2.75, 3.05) is 19.6 Å². The average molecular weight is 227 g/mol. The van der Waals surface area contributed by atoms with Crippen LogP contribution in [0, 0.1) is 5.41 Å². The second kappa shape index (κ2) is 3.44. The minimum Gasteiger partial charge on any atom is -0.392 e. The summed E-state index contributed by atoms with van der Waals surface area (Å²) in [4.78, 5) is 25.0. The lowest BCUT2D eigenvalue weighted by atomic mass is 10.1. The summed E-state index contributed by atoms with van der Waals surface area (Å²) >= 11 is 4.90. The molecule has 5 nitrogen and oxygen atoms in total. The highest BCUT2D eigenvalue weighted by molar-refractivity contribution is 7.80. The van der Waals surface area contributed by atoms with E-state index >= 15 is 0 Å². The van der Waals surface area contributed by atoms with Crippen LogP contribution in [0.2, 0.25) is 0 Å². The van der Waals surface area contributed by atoms with Crippen LogP contribution in [-0.2, 0) is 9.59 Å². The Morgan fingerprint density at radius 3 is 2.67 bits per heavy atom. The smallest absolute Gasteiger partial charge is 0.239 e. The molecule has 0 bridgehead atoms. The Kier molecular flexibility index (Phi) is 2.38. The van der Waals surface area contributed by atoms with E-state index in [4.69, 9.17) is 18.0 Å². The molecular weight excluding hydrogens is 214 g/mol. The van der Waals surface area contributed by atoms with Crippen molar-refractivity contribution in [1.29, 1.82) is 0 Å². The van der Waals surface area contributed by atoms with E-state index < -0.39 is 5.41 Å². The zero-order chi connectivity index (χ0) is 11.1. The summed E-state index contributed by atoms with van der Waals surface area (Å²) in [6.45, 7) is 1.19. The van der Waals surface area contributed by atoms with Crippen molar-refractivity contribution in [2.45, 2.75) is 12.8 Å². The molecule has 0 spiro atoms. The molecule has 0 aromatic carbocycles. The molecule has 1 saturated carbocycles. The maximum Gasteiger partial charge on any atom is 0.239 e. The Morgan fingerprint density at radius 2 is 2.20 bits per heavy atom. The molecule has 0 aromatic rings. The number of carbonyl (C=O) groups excluding carboxylic acids is 2. The van der Waals surface area contributed by atoms with Gasteiger partial charge in [0.2, 0.25) is 11.8 Å². The molecule has 0 unspecified atom stereocenters. The summed E-state index contributed by atoms with van der Waals surface area (Å²) in [5.74, 6) is -0.196. The van der Waals surface area contributed by atoms with Gasteiger partial charge in [-0.1, -0.05) is 12.2 Å². The van der Waals surface area contributed by atoms with Gasteiger partial charge < -0.3 is 16.0 Å². The van der Waals surface area contributed by atoms with E-state index in [0.29, 0.717) is 13.1 Å². The highest BCUT2D eigenvalue weighted by atomic mass is 32.1. The van der Waals surface area contributed by atoms with Crippen LogP contribution in [-0.4, -0.2) is 41.3 Å². The molecule has 1 saturated heterocycles. The van der Waals surface area contributed by atoms with E-state index in [1.165, 1.54) is 0 Å². The number of nitrogens with two attached hydrogens (primary N) is 1. The third-order valence-electron chi connectivity index (χ3n) is 2.96. The molecule has 1 heterocycles. The molecule has 1 aliphatic heterocycles. The van der Waals surface area contributed by atoms with Gasteiger partial charge in [0.1, 0.15) is 0 Å².